The predicted molar refractivity (Wildman–Crippen MR) is 122 cm³/mol. The minimum atomic E-state index is 0.0280. The van der Waals surface area contributed by atoms with Gasteiger partial charge < -0.3 is 15.0 Å². The molecule has 31 heavy (non-hydrogen) atoms. The van der Waals surface area contributed by atoms with E-state index in [1.54, 1.807) is 13.4 Å². The first-order valence-electron chi connectivity index (χ1n) is 10.7. The summed E-state index contributed by atoms with van der Waals surface area (Å²) in [5.74, 6) is 1.86. The van der Waals surface area contributed by atoms with Crippen molar-refractivity contribution in [2.45, 2.75) is 26.3 Å². The van der Waals surface area contributed by atoms with Crippen molar-refractivity contribution in [1.82, 2.24) is 15.3 Å². The highest BCUT2D eigenvalue weighted by molar-refractivity contribution is 5.79. The Morgan fingerprint density at radius 2 is 1.87 bits per heavy atom. The molecule has 1 aliphatic heterocycles. The average molecular weight is 417 g/mol. The SMILES string of the molecule is COc1cccc(CNC(=O)C2CCN(c3cc(-c4ccc(C)cc4)ncn3)CC2)c1. The Balaban J connectivity index is 1.32. The van der Waals surface area contributed by atoms with Crippen molar-refractivity contribution in [3.63, 3.8) is 0 Å². The van der Waals surface area contributed by atoms with Gasteiger partial charge in [0.1, 0.15) is 17.9 Å². The van der Waals surface area contributed by atoms with Gasteiger partial charge in [0.05, 0.1) is 12.8 Å². The number of nitrogens with zero attached hydrogens (tertiary/aromatic N) is 3. The van der Waals surface area contributed by atoms with Crippen molar-refractivity contribution < 1.29 is 9.53 Å². The molecule has 6 nitrogen and oxygen atoms in total. The zero-order valence-electron chi connectivity index (χ0n) is 18.0. The van der Waals surface area contributed by atoms with E-state index in [1.165, 1.54) is 5.56 Å². The number of aryl methyl sites for hydroxylation is 1. The van der Waals surface area contributed by atoms with Crippen molar-refractivity contribution in [1.29, 1.82) is 0 Å². The van der Waals surface area contributed by atoms with Crippen LogP contribution in [0.4, 0.5) is 5.82 Å². The number of nitrogens with one attached hydrogen (secondary N) is 1. The maximum absolute atomic E-state index is 12.6. The standard InChI is InChI=1S/C25H28N4O2/c1-18-6-8-20(9-7-18)23-15-24(28-17-27-23)29-12-10-21(11-13-29)25(30)26-16-19-4-3-5-22(14-19)31-2/h3-9,14-15,17,21H,10-13,16H2,1-2H3,(H,26,30). The predicted octanol–water partition coefficient (Wildman–Crippen LogP) is 3.99. The minimum Gasteiger partial charge on any atom is -0.497 e. The van der Waals surface area contributed by atoms with Crippen LogP contribution in [0, 0.1) is 12.8 Å². The highest BCUT2D eigenvalue weighted by Gasteiger charge is 2.25. The second kappa shape index (κ2) is 9.60. The molecule has 4 rings (SSSR count). The van der Waals surface area contributed by atoms with Gasteiger partial charge in [-0.15, -0.1) is 0 Å². The molecule has 0 radical (unpaired) electrons. The number of methoxy groups -OCH3 is 1. The van der Waals surface area contributed by atoms with Crippen molar-refractivity contribution in [2.24, 2.45) is 5.92 Å². The lowest BCUT2D eigenvalue weighted by molar-refractivity contribution is -0.125. The van der Waals surface area contributed by atoms with Crippen molar-refractivity contribution in [3.05, 3.63) is 72.1 Å². The fourth-order valence-corrected chi connectivity index (χ4v) is 3.89. The summed E-state index contributed by atoms with van der Waals surface area (Å²) in [6.45, 7) is 4.21. The van der Waals surface area contributed by atoms with Crippen LogP contribution in [0.1, 0.15) is 24.0 Å². The number of carbonyl (C=O) groups excluding carboxylic acids is 1. The number of anilines is 1. The first-order valence-corrected chi connectivity index (χ1v) is 10.7. The zero-order chi connectivity index (χ0) is 21.6. The molecule has 6 heteroatoms. The number of aromatic nitrogens is 2. The van der Waals surface area contributed by atoms with Gasteiger partial charge in [-0.1, -0.05) is 42.0 Å². The molecule has 1 aromatic heterocycles. The quantitative estimate of drug-likeness (QED) is 0.658. The largest absolute Gasteiger partial charge is 0.497 e. The molecule has 2 heterocycles. The Morgan fingerprint density at radius 3 is 2.61 bits per heavy atom. The van der Waals surface area contributed by atoms with Gasteiger partial charge in [0, 0.05) is 37.2 Å². The van der Waals surface area contributed by atoms with E-state index in [1.807, 2.05) is 30.3 Å². The van der Waals surface area contributed by atoms with Crippen LogP contribution in [0.3, 0.4) is 0 Å². The highest BCUT2D eigenvalue weighted by atomic mass is 16.5. The molecule has 0 unspecified atom stereocenters. The Kier molecular flexibility index (Phi) is 6.46. The van der Waals surface area contributed by atoms with Crippen LogP contribution < -0.4 is 15.0 Å². The summed E-state index contributed by atoms with van der Waals surface area (Å²) in [5.41, 5.74) is 4.27. The van der Waals surface area contributed by atoms with Gasteiger partial charge in [-0.3, -0.25) is 4.79 Å². The molecule has 1 aliphatic rings. The van der Waals surface area contributed by atoms with E-state index in [-0.39, 0.29) is 11.8 Å². The summed E-state index contributed by atoms with van der Waals surface area (Å²) in [4.78, 5) is 23.8. The smallest absolute Gasteiger partial charge is 0.223 e. The van der Waals surface area contributed by atoms with Gasteiger partial charge in [-0.25, -0.2) is 9.97 Å². The van der Waals surface area contributed by atoms with Crippen LogP contribution in [-0.4, -0.2) is 36.1 Å². The third-order valence-electron chi connectivity index (χ3n) is 5.79. The Hall–Kier alpha value is -3.41. The number of hydrogen-bond donors (Lipinski definition) is 1. The number of ether oxygens (including phenoxy) is 1. The monoisotopic (exact) mass is 416 g/mol. The average Bonchev–Trinajstić information content (AvgIpc) is 2.83. The van der Waals surface area contributed by atoms with E-state index in [0.717, 1.165) is 54.3 Å². The number of rotatable bonds is 6. The number of carbonyl (C=O) groups is 1. The van der Waals surface area contributed by atoms with E-state index in [4.69, 9.17) is 4.74 Å². The van der Waals surface area contributed by atoms with Gasteiger partial charge in [0.2, 0.25) is 5.91 Å². The number of amides is 1. The minimum absolute atomic E-state index is 0.0280. The molecule has 160 valence electrons. The van der Waals surface area contributed by atoms with E-state index in [2.05, 4.69) is 51.4 Å². The molecule has 1 saturated heterocycles. The normalized spacial score (nSPS) is 14.3. The summed E-state index contributed by atoms with van der Waals surface area (Å²) < 4.78 is 5.24. The van der Waals surface area contributed by atoms with Gasteiger partial charge in [-0.05, 0) is 37.5 Å². The Morgan fingerprint density at radius 1 is 1.10 bits per heavy atom. The summed E-state index contributed by atoms with van der Waals surface area (Å²) in [6, 6.07) is 18.2. The lowest BCUT2D eigenvalue weighted by atomic mass is 9.95. The number of benzene rings is 2. The van der Waals surface area contributed by atoms with Gasteiger partial charge in [-0.2, -0.15) is 0 Å². The van der Waals surface area contributed by atoms with Crippen molar-refractivity contribution in [3.8, 4) is 17.0 Å². The van der Waals surface area contributed by atoms with Crippen LogP contribution in [0.2, 0.25) is 0 Å². The third-order valence-corrected chi connectivity index (χ3v) is 5.79. The maximum Gasteiger partial charge on any atom is 0.223 e. The molecule has 1 fully saturated rings. The van der Waals surface area contributed by atoms with Gasteiger partial charge >= 0.3 is 0 Å². The topological polar surface area (TPSA) is 67.3 Å². The second-order valence-electron chi connectivity index (χ2n) is 7.96. The summed E-state index contributed by atoms with van der Waals surface area (Å²) in [5, 5.41) is 3.07. The lowest BCUT2D eigenvalue weighted by Crippen LogP contribution is -2.40. The van der Waals surface area contributed by atoms with Crippen molar-refractivity contribution >= 4 is 11.7 Å². The molecular weight excluding hydrogens is 388 g/mol. The van der Waals surface area contributed by atoms with Crippen molar-refractivity contribution in [2.75, 3.05) is 25.1 Å². The van der Waals surface area contributed by atoms with Crippen LogP contribution in [0.5, 0.6) is 5.75 Å². The molecule has 0 aliphatic carbocycles. The zero-order valence-corrected chi connectivity index (χ0v) is 18.0. The molecule has 1 amide bonds. The van der Waals surface area contributed by atoms with E-state index in [0.29, 0.717) is 6.54 Å². The molecule has 1 N–H and O–H groups in total. The van der Waals surface area contributed by atoms with Gasteiger partial charge in [0.25, 0.3) is 0 Å². The third kappa shape index (κ3) is 5.20. The maximum atomic E-state index is 12.6. The van der Waals surface area contributed by atoms with Crippen LogP contribution in [0.25, 0.3) is 11.3 Å². The van der Waals surface area contributed by atoms with E-state index in [9.17, 15) is 4.79 Å². The first kappa shape index (κ1) is 20.8. The Labute approximate surface area is 183 Å². The molecule has 2 aromatic carbocycles. The van der Waals surface area contributed by atoms with Crippen LogP contribution in [-0.2, 0) is 11.3 Å². The van der Waals surface area contributed by atoms with Crippen LogP contribution in [0.15, 0.2) is 60.9 Å². The molecular formula is C25H28N4O2. The first-order chi connectivity index (χ1) is 15.1. The molecule has 0 bridgehead atoms. The van der Waals surface area contributed by atoms with Gasteiger partial charge in [0.15, 0.2) is 0 Å². The van der Waals surface area contributed by atoms with E-state index < -0.39 is 0 Å². The fraction of sp³-hybridized carbons (Fsp3) is 0.320. The van der Waals surface area contributed by atoms with E-state index >= 15 is 0 Å². The van der Waals surface area contributed by atoms with Crippen LogP contribution >= 0.6 is 0 Å². The second-order valence-corrected chi connectivity index (χ2v) is 7.96. The molecule has 0 saturated carbocycles. The molecule has 0 atom stereocenters. The fourth-order valence-electron chi connectivity index (χ4n) is 3.89. The summed E-state index contributed by atoms with van der Waals surface area (Å²) >= 11 is 0. The summed E-state index contributed by atoms with van der Waals surface area (Å²) in [7, 11) is 1.65. The molecule has 0 spiro atoms. The molecule has 3 aromatic rings. The summed E-state index contributed by atoms with van der Waals surface area (Å²) in [6.07, 6.45) is 3.25. The Bertz CT molecular complexity index is 1030. The highest BCUT2D eigenvalue weighted by Crippen LogP contribution is 2.25. The lowest BCUT2D eigenvalue weighted by Gasteiger charge is -2.32. The number of piperidine rings is 1. The number of hydrogen-bond acceptors (Lipinski definition) is 5.